The Kier molecular flexibility index (Phi) is 6.40. The lowest BCUT2D eigenvalue weighted by atomic mass is 9.92. The van der Waals surface area contributed by atoms with Crippen LogP contribution in [0.4, 0.5) is 0 Å². The van der Waals surface area contributed by atoms with Gasteiger partial charge in [0.2, 0.25) is 0 Å². The van der Waals surface area contributed by atoms with E-state index in [2.05, 4.69) is 9.47 Å². The summed E-state index contributed by atoms with van der Waals surface area (Å²) < 4.78 is 8.87. The Morgan fingerprint density at radius 1 is 0.833 bits per heavy atom. The largest absolute Gasteiger partial charge is 0.481 e. The molecule has 0 aromatic heterocycles. The molecule has 8 nitrogen and oxygen atoms in total. The lowest BCUT2D eigenvalue weighted by Crippen LogP contribution is -2.42. The van der Waals surface area contributed by atoms with E-state index in [-0.39, 0.29) is 13.2 Å². The lowest BCUT2D eigenvalue weighted by Gasteiger charge is -2.17. The number of carboxylic acid groups (broad SMARTS) is 2. The highest BCUT2D eigenvalue weighted by Gasteiger charge is 2.46. The molecule has 0 saturated heterocycles. The number of carbonyl (C=O) groups is 4. The molecule has 0 fully saturated rings. The molecule has 0 radical (unpaired) electrons. The third-order valence-corrected chi connectivity index (χ3v) is 1.95. The Bertz CT molecular complexity index is 314. The zero-order chi connectivity index (χ0) is 14.3. The van der Waals surface area contributed by atoms with E-state index < -0.39 is 35.7 Å². The Labute approximate surface area is 102 Å². The van der Waals surface area contributed by atoms with Gasteiger partial charge in [-0.2, -0.15) is 0 Å². The molecule has 8 heteroatoms. The fraction of sp³-hybridized carbons (Fsp3) is 0.600. The molecule has 2 N–H and O–H groups in total. The summed E-state index contributed by atoms with van der Waals surface area (Å²) in [5.41, 5.74) is 0. The van der Waals surface area contributed by atoms with E-state index in [0.29, 0.717) is 0 Å². The van der Waals surface area contributed by atoms with Crippen molar-refractivity contribution < 1.29 is 38.9 Å². The van der Waals surface area contributed by atoms with E-state index in [4.69, 9.17) is 10.2 Å². The van der Waals surface area contributed by atoms with Crippen LogP contribution in [0.5, 0.6) is 0 Å². The average Bonchev–Trinajstić information content (AvgIpc) is 2.24. The number of hydrogen-bond donors (Lipinski definition) is 2. The number of hydrogen-bond acceptors (Lipinski definition) is 6. The van der Waals surface area contributed by atoms with Crippen molar-refractivity contribution in [3.05, 3.63) is 0 Å². The zero-order valence-corrected chi connectivity index (χ0v) is 9.91. The first-order chi connectivity index (χ1) is 8.36. The van der Waals surface area contributed by atoms with Crippen LogP contribution >= 0.6 is 0 Å². The molecule has 0 unspecified atom stereocenters. The first-order valence-electron chi connectivity index (χ1n) is 5.15. The van der Waals surface area contributed by atoms with Crippen LogP contribution in [0.25, 0.3) is 0 Å². The van der Waals surface area contributed by atoms with E-state index in [0.717, 1.165) is 0 Å². The third-order valence-electron chi connectivity index (χ3n) is 1.95. The standard InChI is InChI=1S/C10H14O8/c1-3-17-9(15)5(7(11)12)6(8(13)14)10(16)18-4-2/h5-6H,3-4H2,1-2H3,(H,11,12)(H,13,14)/t5-,6+. The highest BCUT2D eigenvalue weighted by atomic mass is 16.5. The van der Waals surface area contributed by atoms with Crippen molar-refractivity contribution in [2.45, 2.75) is 13.8 Å². The van der Waals surface area contributed by atoms with Gasteiger partial charge < -0.3 is 19.7 Å². The molecule has 0 spiro atoms. The van der Waals surface area contributed by atoms with Gasteiger partial charge in [0.15, 0.2) is 11.8 Å². The minimum Gasteiger partial charge on any atom is -0.481 e. The summed E-state index contributed by atoms with van der Waals surface area (Å²) in [5, 5.41) is 17.7. The second-order valence-corrected chi connectivity index (χ2v) is 3.14. The summed E-state index contributed by atoms with van der Waals surface area (Å²) >= 11 is 0. The van der Waals surface area contributed by atoms with Crippen molar-refractivity contribution in [2.24, 2.45) is 11.8 Å². The molecule has 0 saturated carbocycles. The van der Waals surface area contributed by atoms with E-state index in [9.17, 15) is 19.2 Å². The van der Waals surface area contributed by atoms with E-state index >= 15 is 0 Å². The molecule has 0 aliphatic rings. The Morgan fingerprint density at radius 2 is 1.11 bits per heavy atom. The van der Waals surface area contributed by atoms with Crippen molar-refractivity contribution in [3.63, 3.8) is 0 Å². The predicted molar refractivity (Wildman–Crippen MR) is 55.5 cm³/mol. The zero-order valence-electron chi connectivity index (χ0n) is 9.91. The van der Waals surface area contributed by atoms with E-state index in [1.807, 2.05) is 0 Å². The van der Waals surface area contributed by atoms with Crippen LogP contribution in [0.15, 0.2) is 0 Å². The molecule has 0 aromatic carbocycles. The van der Waals surface area contributed by atoms with Gasteiger partial charge in [-0.1, -0.05) is 0 Å². The minimum atomic E-state index is -2.12. The van der Waals surface area contributed by atoms with Gasteiger partial charge in [0.1, 0.15) is 0 Å². The van der Waals surface area contributed by atoms with Gasteiger partial charge in [-0.3, -0.25) is 19.2 Å². The topological polar surface area (TPSA) is 127 Å². The number of carboxylic acids is 2. The van der Waals surface area contributed by atoms with Crippen LogP contribution in [-0.4, -0.2) is 47.3 Å². The van der Waals surface area contributed by atoms with Crippen LogP contribution in [0.1, 0.15) is 13.8 Å². The quantitative estimate of drug-likeness (QED) is 0.465. The normalized spacial score (nSPS) is 13.2. The predicted octanol–water partition coefficient (Wildman–Crippen LogP) is -0.486. The Balaban J connectivity index is 5.24. The molecule has 0 rings (SSSR count). The maximum Gasteiger partial charge on any atom is 0.321 e. The maximum atomic E-state index is 11.4. The van der Waals surface area contributed by atoms with Crippen LogP contribution in [0.2, 0.25) is 0 Å². The number of carbonyl (C=O) groups excluding carboxylic acids is 2. The summed E-state index contributed by atoms with van der Waals surface area (Å²) in [5.74, 6) is -10.3. The smallest absolute Gasteiger partial charge is 0.321 e. The lowest BCUT2D eigenvalue weighted by molar-refractivity contribution is -0.175. The maximum absolute atomic E-state index is 11.4. The molecular weight excluding hydrogens is 248 g/mol. The second-order valence-electron chi connectivity index (χ2n) is 3.14. The molecule has 0 bridgehead atoms. The summed E-state index contributed by atoms with van der Waals surface area (Å²) in [6.45, 7) is 2.60. The third kappa shape index (κ3) is 4.04. The molecule has 0 heterocycles. The molecule has 0 aliphatic heterocycles. The fourth-order valence-corrected chi connectivity index (χ4v) is 1.22. The number of aliphatic carboxylic acids is 2. The van der Waals surface area contributed by atoms with E-state index in [1.165, 1.54) is 13.8 Å². The number of rotatable bonds is 7. The molecule has 0 aliphatic carbocycles. The van der Waals surface area contributed by atoms with Gasteiger partial charge in [-0.15, -0.1) is 0 Å². The van der Waals surface area contributed by atoms with Crippen molar-refractivity contribution in [3.8, 4) is 0 Å². The van der Waals surface area contributed by atoms with Crippen molar-refractivity contribution in [2.75, 3.05) is 13.2 Å². The second kappa shape index (κ2) is 7.25. The molecule has 0 amide bonds. The van der Waals surface area contributed by atoms with Gasteiger partial charge in [0.05, 0.1) is 13.2 Å². The first-order valence-corrected chi connectivity index (χ1v) is 5.15. The van der Waals surface area contributed by atoms with Crippen LogP contribution in [-0.2, 0) is 28.7 Å². The summed E-state index contributed by atoms with van der Waals surface area (Å²) in [6, 6.07) is 0. The van der Waals surface area contributed by atoms with Gasteiger partial charge in [-0.05, 0) is 13.8 Å². The van der Waals surface area contributed by atoms with Crippen LogP contribution in [0.3, 0.4) is 0 Å². The van der Waals surface area contributed by atoms with E-state index in [1.54, 1.807) is 0 Å². The summed E-state index contributed by atoms with van der Waals surface area (Å²) in [4.78, 5) is 44.5. The van der Waals surface area contributed by atoms with Gasteiger partial charge in [0, 0.05) is 0 Å². The van der Waals surface area contributed by atoms with Gasteiger partial charge >= 0.3 is 23.9 Å². The Morgan fingerprint density at radius 3 is 1.28 bits per heavy atom. The Hall–Kier alpha value is -2.12. The van der Waals surface area contributed by atoms with Crippen LogP contribution < -0.4 is 0 Å². The van der Waals surface area contributed by atoms with Gasteiger partial charge in [0.25, 0.3) is 0 Å². The van der Waals surface area contributed by atoms with Crippen molar-refractivity contribution in [1.29, 1.82) is 0 Å². The average molecular weight is 262 g/mol. The monoisotopic (exact) mass is 262 g/mol. The fourth-order valence-electron chi connectivity index (χ4n) is 1.22. The highest BCUT2D eigenvalue weighted by Crippen LogP contribution is 2.17. The van der Waals surface area contributed by atoms with Crippen molar-refractivity contribution >= 4 is 23.9 Å². The number of ether oxygens (including phenoxy) is 2. The van der Waals surface area contributed by atoms with Gasteiger partial charge in [-0.25, -0.2) is 0 Å². The molecular formula is C10H14O8. The highest BCUT2D eigenvalue weighted by molar-refractivity contribution is 6.06. The summed E-state index contributed by atoms with van der Waals surface area (Å²) in [7, 11) is 0. The molecule has 102 valence electrons. The van der Waals surface area contributed by atoms with Crippen LogP contribution in [0, 0.1) is 11.8 Å². The van der Waals surface area contributed by atoms with Crippen molar-refractivity contribution in [1.82, 2.24) is 0 Å². The molecule has 0 aromatic rings. The molecule has 2 atom stereocenters. The SMILES string of the molecule is CCOC(=O)[C@@H](C(=O)O)[C@@H](C(=O)O)C(=O)OCC. The first kappa shape index (κ1) is 15.9. The number of esters is 2. The minimum absolute atomic E-state index is 0.127. The molecule has 18 heavy (non-hydrogen) atoms. The summed E-state index contributed by atoms with van der Waals surface area (Å²) in [6.07, 6.45) is 0.